The van der Waals surface area contributed by atoms with Crippen LogP contribution in [0.1, 0.15) is 37.3 Å². The van der Waals surface area contributed by atoms with E-state index in [0.29, 0.717) is 18.9 Å². The number of carboxylic acids is 1. The van der Waals surface area contributed by atoms with E-state index in [-0.39, 0.29) is 0 Å². The summed E-state index contributed by atoms with van der Waals surface area (Å²) >= 11 is 0. The van der Waals surface area contributed by atoms with Crippen molar-refractivity contribution < 1.29 is 9.90 Å². The molecule has 1 aromatic rings. The van der Waals surface area contributed by atoms with Gasteiger partial charge in [-0.2, -0.15) is 0 Å². The molecular weight excluding hydrogens is 240 g/mol. The van der Waals surface area contributed by atoms with Gasteiger partial charge in [-0.15, -0.1) is 0 Å². The molecule has 104 valence electrons. The molecule has 3 N–H and O–H groups in total. The first-order valence-corrected chi connectivity index (χ1v) is 6.74. The lowest BCUT2D eigenvalue weighted by Gasteiger charge is -2.20. The minimum absolute atomic E-state index is 0.425. The van der Waals surface area contributed by atoms with Crippen LogP contribution in [0.25, 0.3) is 0 Å². The monoisotopic (exact) mass is 262 g/mol. The molecule has 1 fully saturated rings. The topological polar surface area (TPSA) is 66.6 Å². The minimum Gasteiger partial charge on any atom is -0.480 e. The van der Waals surface area contributed by atoms with Gasteiger partial charge in [0.1, 0.15) is 5.54 Å². The smallest absolute Gasteiger partial charge is 0.325 e. The van der Waals surface area contributed by atoms with Gasteiger partial charge in [0.15, 0.2) is 0 Å². The van der Waals surface area contributed by atoms with E-state index in [2.05, 4.69) is 43.0 Å². The molecule has 0 aromatic heterocycles. The standard InChI is InChI=1S/C15H22N2O2/c1-11(2)13-5-3-12(4-6-13)9-17-8-7-15(16,10-17)14(18)19/h3-6,11H,7-10,16H2,1-2H3,(H,18,19). The molecule has 4 heteroatoms. The summed E-state index contributed by atoms with van der Waals surface area (Å²) in [6, 6.07) is 8.52. The van der Waals surface area contributed by atoms with Crippen molar-refractivity contribution in [1.29, 1.82) is 0 Å². The lowest BCUT2D eigenvalue weighted by Crippen LogP contribution is -2.50. The Morgan fingerprint density at radius 1 is 1.42 bits per heavy atom. The number of nitrogens with two attached hydrogens (primary N) is 1. The first-order chi connectivity index (χ1) is 8.90. The summed E-state index contributed by atoms with van der Waals surface area (Å²) in [6.07, 6.45) is 0.520. The first-order valence-electron chi connectivity index (χ1n) is 6.74. The van der Waals surface area contributed by atoms with Crippen LogP contribution in [-0.4, -0.2) is 34.6 Å². The molecule has 0 amide bonds. The second kappa shape index (κ2) is 5.31. The normalized spacial score (nSPS) is 24.0. The number of benzene rings is 1. The Bertz CT molecular complexity index is 456. The molecule has 1 aliphatic rings. The van der Waals surface area contributed by atoms with Crippen LogP contribution < -0.4 is 5.73 Å². The fourth-order valence-corrected chi connectivity index (χ4v) is 2.49. The van der Waals surface area contributed by atoms with Gasteiger partial charge in [-0.05, 0) is 23.5 Å². The number of carbonyl (C=O) groups is 1. The van der Waals surface area contributed by atoms with E-state index in [1.54, 1.807) is 0 Å². The molecule has 1 heterocycles. The summed E-state index contributed by atoms with van der Waals surface area (Å²) in [6.45, 7) is 6.28. The van der Waals surface area contributed by atoms with Gasteiger partial charge in [-0.1, -0.05) is 38.1 Å². The lowest BCUT2D eigenvalue weighted by atomic mass is 10.0. The van der Waals surface area contributed by atoms with Crippen LogP contribution in [-0.2, 0) is 11.3 Å². The highest BCUT2D eigenvalue weighted by atomic mass is 16.4. The molecule has 1 unspecified atom stereocenters. The molecule has 19 heavy (non-hydrogen) atoms. The fraction of sp³-hybridized carbons (Fsp3) is 0.533. The highest BCUT2D eigenvalue weighted by molar-refractivity contribution is 5.79. The Morgan fingerprint density at radius 2 is 2.05 bits per heavy atom. The Morgan fingerprint density at radius 3 is 2.53 bits per heavy atom. The van der Waals surface area contributed by atoms with Gasteiger partial charge in [-0.3, -0.25) is 9.69 Å². The van der Waals surface area contributed by atoms with Gasteiger partial charge in [0.25, 0.3) is 0 Å². The van der Waals surface area contributed by atoms with Crippen molar-refractivity contribution in [3.05, 3.63) is 35.4 Å². The Hall–Kier alpha value is -1.39. The fourth-order valence-electron chi connectivity index (χ4n) is 2.49. The number of hydrogen-bond donors (Lipinski definition) is 2. The molecule has 0 aliphatic carbocycles. The maximum atomic E-state index is 11.1. The number of aliphatic carboxylic acids is 1. The number of rotatable bonds is 4. The zero-order valence-corrected chi connectivity index (χ0v) is 11.6. The van der Waals surface area contributed by atoms with E-state index in [1.165, 1.54) is 11.1 Å². The Kier molecular flexibility index (Phi) is 3.92. The average molecular weight is 262 g/mol. The summed E-state index contributed by atoms with van der Waals surface area (Å²) < 4.78 is 0. The highest BCUT2D eigenvalue weighted by Gasteiger charge is 2.40. The largest absolute Gasteiger partial charge is 0.480 e. The van der Waals surface area contributed by atoms with Crippen LogP contribution >= 0.6 is 0 Å². The van der Waals surface area contributed by atoms with Gasteiger partial charge in [0.2, 0.25) is 0 Å². The van der Waals surface area contributed by atoms with E-state index < -0.39 is 11.5 Å². The second-order valence-electron chi connectivity index (χ2n) is 5.82. The zero-order valence-electron chi connectivity index (χ0n) is 11.6. The van der Waals surface area contributed by atoms with Crippen molar-refractivity contribution >= 4 is 5.97 Å². The molecule has 1 atom stereocenters. The van der Waals surface area contributed by atoms with Crippen molar-refractivity contribution in [3.8, 4) is 0 Å². The molecule has 1 aromatic carbocycles. The van der Waals surface area contributed by atoms with E-state index in [9.17, 15) is 4.79 Å². The van der Waals surface area contributed by atoms with Crippen molar-refractivity contribution in [2.45, 2.75) is 38.3 Å². The maximum absolute atomic E-state index is 11.1. The SMILES string of the molecule is CC(C)c1ccc(CN2CCC(N)(C(=O)O)C2)cc1. The van der Waals surface area contributed by atoms with Crippen LogP contribution in [0.5, 0.6) is 0 Å². The summed E-state index contributed by atoms with van der Waals surface area (Å²) in [5.74, 6) is -0.366. The molecule has 1 saturated heterocycles. The summed E-state index contributed by atoms with van der Waals surface area (Å²) in [5.41, 5.74) is 7.33. The zero-order chi connectivity index (χ0) is 14.0. The average Bonchev–Trinajstić information content (AvgIpc) is 2.73. The highest BCUT2D eigenvalue weighted by Crippen LogP contribution is 2.22. The maximum Gasteiger partial charge on any atom is 0.325 e. The number of carboxylic acid groups (broad SMARTS) is 1. The summed E-state index contributed by atoms with van der Waals surface area (Å²) in [7, 11) is 0. The Labute approximate surface area is 114 Å². The van der Waals surface area contributed by atoms with Crippen LogP contribution in [0.4, 0.5) is 0 Å². The third-order valence-electron chi connectivity index (χ3n) is 3.86. The van der Waals surface area contributed by atoms with E-state index in [0.717, 1.165) is 13.1 Å². The molecule has 0 saturated carbocycles. The van der Waals surface area contributed by atoms with Gasteiger partial charge < -0.3 is 10.8 Å². The minimum atomic E-state index is -1.07. The molecule has 4 nitrogen and oxygen atoms in total. The Balaban J connectivity index is 1.97. The number of likely N-dealkylation sites (tertiary alicyclic amines) is 1. The molecular formula is C15H22N2O2. The van der Waals surface area contributed by atoms with Gasteiger partial charge in [0, 0.05) is 19.6 Å². The first kappa shape index (κ1) is 14.0. The van der Waals surface area contributed by atoms with Gasteiger partial charge in [0.05, 0.1) is 0 Å². The second-order valence-corrected chi connectivity index (χ2v) is 5.82. The third-order valence-corrected chi connectivity index (χ3v) is 3.86. The van der Waals surface area contributed by atoms with Gasteiger partial charge in [-0.25, -0.2) is 0 Å². The third kappa shape index (κ3) is 3.14. The van der Waals surface area contributed by atoms with E-state index in [1.807, 2.05) is 0 Å². The number of nitrogens with zero attached hydrogens (tertiary/aromatic N) is 1. The predicted octanol–water partition coefficient (Wildman–Crippen LogP) is 1.80. The van der Waals surface area contributed by atoms with Gasteiger partial charge >= 0.3 is 5.97 Å². The molecule has 0 bridgehead atoms. The van der Waals surface area contributed by atoms with Crippen molar-refractivity contribution in [2.75, 3.05) is 13.1 Å². The summed E-state index contributed by atoms with van der Waals surface area (Å²) in [5, 5.41) is 9.10. The molecule has 0 radical (unpaired) electrons. The predicted molar refractivity (Wildman–Crippen MR) is 75.0 cm³/mol. The molecule has 1 aliphatic heterocycles. The van der Waals surface area contributed by atoms with Crippen molar-refractivity contribution in [2.24, 2.45) is 5.73 Å². The molecule has 2 rings (SSSR count). The van der Waals surface area contributed by atoms with E-state index >= 15 is 0 Å². The van der Waals surface area contributed by atoms with Crippen LogP contribution in [0.15, 0.2) is 24.3 Å². The van der Waals surface area contributed by atoms with Crippen LogP contribution in [0.2, 0.25) is 0 Å². The van der Waals surface area contributed by atoms with Crippen molar-refractivity contribution in [1.82, 2.24) is 4.90 Å². The molecule has 0 spiro atoms. The van der Waals surface area contributed by atoms with Crippen LogP contribution in [0, 0.1) is 0 Å². The van der Waals surface area contributed by atoms with Crippen LogP contribution in [0.3, 0.4) is 0 Å². The van der Waals surface area contributed by atoms with E-state index in [4.69, 9.17) is 10.8 Å². The summed E-state index contributed by atoms with van der Waals surface area (Å²) in [4.78, 5) is 13.2. The lowest BCUT2D eigenvalue weighted by molar-refractivity contribution is -0.142. The quantitative estimate of drug-likeness (QED) is 0.868. The number of hydrogen-bond acceptors (Lipinski definition) is 3. The van der Waals surface area contributed by atoms with Crippen molar-refractivity contribution in [3.63, 3.8) is 0 Å².